The highest BCUT2D eigenvalue weighted by Crippen LogP contribution is 2.27. The maximum absolute atomic E-state index is 7.12. The maximum atomic E-state index is 7.12. The van der Waals surface area contributed by atoms with E-state index < -0.39 is 0 Å². The quantitative estimate of drug-likeness (QED) is 0.607. The van der Waals surface area contributed by atoms with Gasteiger partial charge in [-0.1, -0.05) is 17.8 Å². The minimum atomic E-state index is 0.105. The second-order valence-electron chi connectivity index (χ2n) is 2.83. The summed E-state index contributed by atoms with van der Waals surface area (Å²) >= 11 is 1.27. The van der Waals surface area contributed by atoms with Gasteiger partial charge in [0, 0.05) is 17.4 Å². The monoisotopic (exact) mass is 226 g/mol. The molecule has 1 aromatic carbocycles. The van der Waals surface area contributed by atoms with Gasteiger partial charge in [0.05, 0.1) is 14.2 Å². The van der Waals surface area contributed by atoms with E-state index in [4.69, 9.17) is 20.6 Å². The molecule has 0 radical (unpaired) electrons. The fourth-order valence-electron chi connectivity index (χ4n) is 1.13. The van der Waals surface area contributed by atoms with E-state index in [0.717, 1.165) is 17.1 Å². The van der Waals surface area contributed by atoms with Crippen molar-refractivity contribution in [1.29, 1.82) is 5.41 Å². The zero-order chi connectivity index (χ0) is 11.3. The first-order valence-corrected chi connectivity index (χ1v) is 5.33. The molecular formula is C10H14N2O2S. The third-order valence-electron chi connectivity index (χ3n) is 1.88. The number of methoxy groups -OCH3 is 2. The molecule has 0 unspecified atom stereocenters. The van der Waals surface area contributed by atoms with E-state index in [1.165, 1.54) is 11.8 Å². The van der Waals surface area contributed by atoms with Crippen LogP contribution in [0.2, 0.25) is 0 Å². The Kier molecular flexibility index (Phi) is 4.30. The lowest BCUT2D eigenvalue weighted by atomic mass is 10.2. The Morgan fingerprint density at radius 3 is 2.67 bits per heavy atom. The zero-order valence-electron chi connectivity index (χ0n) is 8.74. The van der Waals surface area contributed by atoms with Crippen molar-refractivity contribution < 1.29 is 9.47 Å². The van der Waals surface area contributed by atoms with E-state index in [1.54, 1.807) is 14.2 Å². The molecule has 3 N–H and O–H groups in total. The van der Waals surface area contributed by atoms with Crippen LogP contribution in [0.1, 0.15) is 5.56 Å². The van der Waals surface area contributed by atoms with Gasteiger partial charge in [0.2, 0.25) is 0 Å². The van der Waals surface area contributed by atoms with Crippen LogP contribution in [0, 0.1) is 5.41 Å². The number of amidine groups is 1. The molecule has 0 fully saturated rings. The van der Waals surface area contributed by atoms with Gasteiger partial charge in [-0.05, 0) is 6.07 Å². The van der Waals surface area contributed by atoms with Crippen LogP contribution in [-0.2, 0) is 5.75 Å². The summed E-state index contributed by atoms with van der Waals surface area (Å²) in [7, 11) is 3.22. The first kappa shape index (κ1) is 11.7. The van der Waals surface area contributed by atoms with E-state index in [2.05, 4.69) is 0 Å². The molecule has 1 aromatic rings. The van der Waals surface area contributed by atoms with Gasteiger partial charge in [-0.15, -0.1) is 0 Å². The number of hydrogen-bond donors (Lipinski definition) is 2. The number of nitrogens with two attached hydrogens (primary N) is 1. The van der Waals surface area contributed by atoms with E-state index in [0.29, 0.717) is 5.75 Å². The average Bonchev–Trinajstić information content (AvgIpc) is 2.25. The molecule has 0 aromatic heterocycles. The summed E-state index contributed by atoms with van der Waals surface area (Å²) in [4.78, 5) is 0. The van der Waals surface area contributed by atoms with Crippen molar-refractivity contribution in [2.24, 2.45) is 5.73 Å². The van der Waals surface area contributed by atoms with Gasteiger partial charge < -0.3 is 15.2 Å². The predicted molar refractivity (Wildman–Crippen MR) is 62.8 cm³/mol. The molecule has 5 heteroatoms. The Hall–Kier alpha value is -1.36. The normalized spacial score (nSPS) is 9.73. The molecule has 0 heterocycles. The summed E-state index contributed by atoms with van der Waals surface area (Å²) in [6, 6.07) is 5.59. The van der Waals surface area contributed by atoms with Crippen molar-refractivity contribution in [3.8, 4) is 11.5 Å². The molecule has 82 valence electrons. The Labute approximate surface area is 93.3 Å². The van der Waals surface area contributed by atoms with Crippen molar-refractivity contribution in [2.45, 2.75) is 5.75 Å². The van der Waals surface area contributed by atoms with Crippen molar-refractivity contribution in [3.05, 3.63) is 23.8 Å². The van der Waals surface area contributed by atoms with Crippen LogP contribution in [-0.4, -0.2) is 19.4 Å². The summed E-state index contributed by atoms with van der Waals surface area (Å²) in [5.41, 5.74) is 6.27. The number of benzene rings is 1. The van der Waals surface area contributed by atoms with E-state index in [1.807, 2.05) is 18.2 Å². The van der Waals surface area contributed by atoms with Crippen LogP contribution in [0.25, 0.3) is 0 Å². The highest BCUT2D eigenvalue weighted by atomic mass is 32.2. The topological polar surface area (TPSA) is 68.3 Å². The number of hydrogen-bond acceptors (Lipinski definition) is 4. The number of nitrogens with one attached hydrogen (secondary N) is 1. The van der Waals surface area contributed by atoms with Gasteiger partial charge in [-0.3, -0.25) is 5.41 Å². The molecule has 0 bridgehead atoms. The first-order valence-electron chi connectivity index (χ1n) is 4.35. The molecule has 0 aliphatic heterocycles. The minimum absolute atomic E-state index is 0.105. The van der Waals surface area contributed by atoms with Crippen LogP contribution in [0.3, 0.4) is 0 Å². The second-order valence-corrected chi connectivity index (χ2v) is 3.85. The lowest BCUT2D eigenvalue weighted by Gasteiger charge is -2.09. The summed E-state index contributed by atoms with van der Waals surface area (Å²) in [6.07, 6.45) is 0. The Bertz CT molecular complexity index is 355. The van der Waals surface area contributed by atoms with E-state index in [-0.39, 0.29) is 5.17 Å². The molecule has 0 saturated carbocycles. The Morgan fingerprint density at radius 2 is 2.13 bits per heavy atom. The molecule has 0 aliphatic rings. The summed E-state index contributed by atoms with van der Waals surface area (Å²) < 4.78 is 10.3. The summed E-state index contributed by atoms with van der Waals surface area (Å²) in [5, 5.41) is 7.23. The largest absolute Gasteiger partial charge is 0.497 e. The van der Waals surface area contributed by atoms with Crippen LogP contribution >= 0.6 is 11.8 Å². The number of ether oxygens (including phenoxy) is 2. The number of thioether (sulfide) groups is 1. The standard InChI is InChI=1S/C10H14N2O2S/c1-13-8-4-3-7(6-15-10(11)12)9(5-8)14-2/h3-5H,6H2,1-2H3,(H3,11,12). The Morgan fingerprint density at radius 1 is 1.40 bits per heavy atom. The van der Waals surface area contributed by atoms with Gasteiger partial charge >= 0.3 is 0 Å². The molecule has 0 saturated heterocycles. The van der Waals surface area contributed by atoms with Crippen molar-refractivity contribution in [2.75, 3.05) is 14.2 Å². The van der Waals surface area contributed by atoms with E-state index in [9.17, 15) is 0 Å². The van der Waals surface area contributed by atoms with Gasteiger partial charge in [-0.2, -0.15) is 0 Å². The van der Waals surface area contributed by atoms with Crippen LogP contribution in [0.5, 0.6) is 11.5 Å². The first-order chi connectivity index (χ1) is 7.17. The average molecular weight is 226 g/mol. The van der Waals surface area contributed by atoms with Gasteiger partial charge in [0.25, 0.3) is 0 Å². The maximum Gasteiger partial charge on any atom is 0.151 e. The molecule has 0 atom stereocenters. The third kappa shape index (κ3) is 3.36. The SMILES string of the molecule is COc1ccc(CSC(=N)N)c(OC)c1. The van der Waals surface area contributed by atoms with Crippen molar-refractivity contribution in [3.63, 3.8) is 0 Å². The summed E-state index contributed by atoms with van der Waals surface area (Å²) in [5.74, 6) is 2.13. The molecule has 15 heavy (non-hydrogen) atoms. The van der Waals surface area contributed by atoms with Crippen molar-refractivity contribution in [1.82, 2.24) is 0 Å². The number of rotatable bonds is 4. The van der Waals surface area contributed by atoms with Crippen LogP contribution < -0.4 is 15.2 Å². The fraction of sp³-hybridized carbons (Fsp3) is 0.300. The molecule has 0 amide bonds. The van der Waals surface area contributed by atoms with E-state index >= 15 is 0 Å². The summed E-state index contributed by atoms with van der Waals surface area (Å²) in [6.45, 7) is 0. The molecule has 0 spiro atoms. The van der Waals surface area contributed by atoms with Crippen LogP contribution in [0.4, 0.5) is 0 Å². The molecule has 1 rings (SSSR count). The molecule has 4 nitrogen and oxygen atoms in total. The fourth-order valence-corrected chi connectivity index (χ4v) is 1.68. The van der Waals surface area contributed by atoms with Crippen LogP contribution in [0.15, 0.2) is 18.2 Å². The Balaban J connectivity index is 2.82. The van der Waals surface area contributed by atoms with Gasteiger partial charge in [-0.25, -0.2) is 0 Å². The molecular weight excluding hydrogens is 212 g/mol. The lowest BCUT2D eigenvalue weighted by Crippen LogP contribution is -2.04. The highest BCUT2D eigenvalue weighted by molar-refractivity contribution is 8.13. The zero-order valence-corrected chi connectivity index (χ0v) is 9.56. The van der Waals surface area contributed by atoms with Gasteiger partial charge in [0.1, 0.15) is 11.5 Å². The predicted octanol–water partition coefficient (Wildman–Crippen LogP) is 1.83. The smallest absolute Gasteiger partial charge is 0.151 e. The third-order valence-corrected chi connectivity index (χ3v) is 2.64. The minimum Gasteiger partial charge on any atom is -0.497 e. The highest BCUT2D eigenvalue weighted by Gasteiger charge is 2.05. The molecule has 0 aliphatic carbocycles. The van der Waals surface area contributed by atoms with Crippen molar-refractivity contribution >= 4 is 16.9 Å². The van der Waals surface area contributed by atoms with Gasteiger partial charge in [0.15, 0.2) is 5.17 Å². The second kappa shape index (κ2) is 5.50. The lowest BCUT2D eigenvalue weighted by molar-refractivity contribution is 0.392.